The van der Waals surface area contributed by atoms with Crippen LogP contribution in [-0.2, 0) is 0 Å². The van der Waals surface area contributed by atoms with Gasteiger partial charge in [-0.1, -0.05) is 44.2 Å². The van der Waals surface area contributed by atoms with Gasteiger partial charge in [0.25, 0.3) is 5.69 Å². The summed E-state index contributed by atoms with van der Waals surface area (Å²) >= 11 is 0. The number of rotatable bonds is 1. The van der Waals surface area contributed by atoms with Crippen molar-refractivity contribution >= 4 is 0 Å². The van der Waals surface area contributed by atoms with Crippen molar-refractivity contribution in [1.82, 2.24) is 0 Å². The third-order valence-corrected chi connectivity index (χ3v) is 2.34. The molecule has 90 valence electrons. The van der Waals surface area contributed by atoms with Gasteiger partial charge in [0.1, 0.15) is 0 Å². The molecule has 0 radical (unpaired) electrons. The molecule has 1 aromatic carbocycles. The quantitative estimate of drug-likeness (QED) is 0.593. The minimum Gasteiger partial charge on any atom is -0.285 e. The van der Waals surface area contributed by atoms with E-state index < -0.39 is 5.82 Å². The van der Waals surface area contributed by atoms with Crippen molar-refractivity contribution in [3.63, 3.8) is 0 Å². The third kappa shape index (κ3) is 3.03. The van der Waals surface area contributed by atoms with Gasteiger partial charge >= 0.3 is 0 Å². The van der Waals surface area contributed by atoms with Crippen LogP contribution < -0.4 is 4.73 Å². The summed E-state index contributed by atoms with van der Waals surface area (Å²) in [5, 5.41) is 9.42. The summed E-state index contributed by atoms with van der Waals surface area (Å²) in [4.78, 5) is 0. The van der Waals surface area contributed by atoms with Crippen LogP contribution in [0.25, 0.3) is 11.1 Å². The van der Waals surface area contributed by atoms with Crippen LogP contribution in [0.1, 0.15) is 19.5 Å². The lowest BCUT2D eigenvalue weighted by molar-refractivity contribution is -0.909. The van der Waals surface area contributed by atoms with Crippen molar-refractivity contribution in [3.8, 4) is 11.1 Å². The molecule has 0 aliphatic heterocycles. The highest BCUT2D eigenvalue weighted by Crippen LogP contribution is 2.18. The molecule has 0 amide bonds. The highest BCUT2D eigenvalue weighted by Gasteiger charge is 2.14. The van der Waals surface area contributed by atoms with Crippen LogP contribution in [0.5, 0.6) is 0 Å². The Balaban J connectivity index is 0.000000686. The van der Waals surface area contributed by atoms with E-state index in [0.29, 0.717) is 5.56 Å². The summed E-state index contributed by atoms with van der Waals surface area (Å²) < 4.78 is 14.1. The number of hydrogen-bond donors (Lipinski definition) is 1. The van der Waals surface area contributed by atoms with Crippen LogP contribution in [0.3, 0.4) is 0 Å². The van der Waals surface area contributed by atoms with E-state index in [2.05, 4.69) is 0 Å². The molecule has 3 heteroatoms. The van der Waals surface area contributed by atoms with E-state index in [1.165, 1.54) is 19.2 Å². The predicted molar refractivity (Wildman–Crippen MR) is 65.3 cm³/mol. The molecule has 0 saturated carbocycles. The second kappa shape index (κ2) is 5.99. The second-order valence-electron chi connectivity index (χ2n) is 3.37. The Morgan fingerprint density at radius 3 is 2.18 bits per heavy atom. The Labute approximate surface area is 101 Å². The number of hydrogen-bond acceptors (Lipinski definition) is 1. The molecule has 1 aromatic heterocycles. The van der Waals surface area contributed by atoms with Gasteiger partial charge in [-0.3, -0.25) is 5.21 Å². The SMILES string of the molecule is CC.Cc1c(F)cc(-c2ccccc2)c[n+]1O. The Bertz CT molecular complexity index is 460. The molecule has 2 aromatic rings. The Kier molecular flexibility index (Phi) is 4.64. The number of aromatic nitrogens is 1. The Hall–Kier alpha value is -1.90. The number of benzene rings is 1. The van der Waals surface area contributed by atoms with Gasteiger partial charge in [-0.15, -0.1) is 0 Å². The fourth-order valence-corrected chi connectivity index (χ4v) is 1.40. The maximum atomic E-state index is 13.3. The van der Waals surface area contributed by atoms with Crippen molar-refractivity contribution in [2.45, 2.75) is 20.8 Å². The molecule has 0 bridgehead atoms. The molecule has 1 N–H and O–H groups in total. The minimum absolute atomic E-state index is 0.203. The van der Waals surface area contributed by atoms with Gasteiger partial charge in [0.15, 0.2) is 5.82 Å². The second-order valence-corrected chi connectivity index (χ2v) is 3.37. The van der Waals surface area contributed by atoms with Gasteiger partial charge in [-0.2, -0.15) is 4.39 Å². The smallest absolute Gasteiger partial charge is 0.266 e. The molecule has 0 unspecified atom stereocenters. The van der Waals surface area contributed by atoms with E-state index >= 15 is 0 Å². The summed E-state index contributed by atoms with van der Waals surface area (Å²) in [7, 11) is 0. The molecule has 0 atom stereocenters. The summed E-state index contributed by atoms with van der Waals surface area (Å²) in [6.45, 7) is 5.52. The molecule has 0 fully saturated rings. The van der Waals surface area contributed by atoms with Crippen molar-refractivity contribution in [3.05, 3.63) is 54.1 Å². The van der Waals surface area contributed by atoms with Gasteiger partial charge in [0, 0.05) is 11.7 Å². The molecule has 0 aliphatic rings. The first-order valence-electron chi connectivity index (χ1n) is 5.65. The van der Waals surface area contributed by atoms with Gasteiger partial charge in [-0.25, -0.2) is 0 Å². The van der Waals surface area contributed by atoms with Crippen LogP contribution in [0.15, 0.2) is 42.6 Å². The molecule has 0 saturated heterocycles. The molecule has 1 heterocycles. The fraction of sp³-hybridized carbons (Fsp3) is 0.214. The molecular formula is C14H17FNO+. The van der Waals surface area contributed by atoms with Gasteiger partial charge in [0.05, 0.1) is 5.56 Å². The largest absolute Gasteiger partial charge is 0.285 e. The molecule has 2 nitrogen and oxygen atoms in total. The first kappa shape index (κ1) is 13.2. The normalized spacial score (nSPS) is 9.41. The lowest BCUT2D eigenvalue weighted by atomic mass is 10.1. The third-order valence-electron chi connectivity index (χ3n) is 2.34. The lowest BCUT2D eigenvalue weighted by Crippen LogP contribution is -2.34. The van der Waals surface area contributed by atoms with E-state index in [1.807, 2.05) is 44.2 Å². The first-order valence-corrected chi connectivity index (χ1v) is 5.65. The molecule has 17 heavy (non-hydrogen) atoms. The Morgan fingerprint density at radius 2 is 1.65 bits per heavy atom. The zero-order chi connectivity index (χ0) is 12.8. The van der Waals surface area contributed by atoms with E-state index in [4.69, 9.17) is 0 Å². The van der Waals surface area contributed by atoms with E-state index in [1.54, 1.807) is 0 Å². The summed E-state index contributed by atoms with van der Waals surface area (Å²) in [6, 6.07) is 10.8. The number of nitrogens with zero attached hydrogens (tertiary/aromatic N) is 1. The summed E-state index contributed by atoms with van der Waals surface area (Å²) in [5.74, 6) is -0.418. The molecule has 2 rings (SSSR count). The van der Waals surface area contributed by atoms with Crippen molar-refractivity contribution in [2.24, 2.45) is 0 Å². The van der Waals surface area contributed by atoms with Crippen LogP contribution in [-0.4, -0.2) is 5.21 Å². The van der Waals surface area contributed by atoms with Crippen molar-refractivity contribution in [2.75, 3.05) is 0 Å². The van der Waals surface area contributed by atoms with E-state index in [9.17, 15) is 9.60 Å². The van der Waals surface area contributed by atoms with E-state index in [0.717, 1.165) is 10.3 Å². The van der Waals surface area contributed by atoms with Crippen LogP contribution in [0.4, 0.5) is 4.39 Å². The maximum Gasteiger partial charge on any atom is 0.266 e. The zero-order valence-corrected chi connectivity index (χ0v) is 10.3. The monoisotopic (exact) mass is 234 g/mol. The van der Waals surface area contributed by atoms with Crippen molar-refractivity contribution in [1.29, 1.82) is 0 Å². The average molecular weight is 234 g/mol. The fourth-order valence-electron chi connectivity index (χ4n) is 1.40. The molecule has 0 aliphatic carbocycles. The van der Waals surface area contributed by atoms with Crippen LogP contribution in [0.2, 0.25) is 0 Å². The summed E-state index contributed by atoms with van der Waals surface area (Å²) in [5.41, 5.74) is 1.73. The first-order chi connectivity index (χ1) is 8.18. The van der Waals surface area contributed by atoms with Crippen molar-refractivity contribution < 1.29 is 14.3 Å². The summed E-state index contributed by atoms with van der Waals surface area (Å²) in [6.07, 6.45) is 1.49. The van der Waals surface area contributed by atoms with Crippen LogP contribution >= 0.6 is 0 Å². The highest BCUT2D eigenvalue weighted by atomic mass is 19.1. The molecular weight excluding hydrogens is 217 g/mol. The highest BCUT2D eigenvalue weighted by molar-refractivity contribution is 5.61. The lowest BCUT2D eigenvalue weighted by Gasteiger charge is -1.99. The van der Waals surface area contributed by atoms with Gasteiger partial charge in [0.2, 0.25) is 6.20 Å². The average Bonchev–Trinajstić information content (AvgIpc) is 2.39. The zero-order valence-electron chi connectivity index (χ0n) is 10.3. The standard InChI is InChI=1S/C12H11FNO.C2H6/c1-9-12(13)7-11(8-14(9)15)10-5-3-2-4-6-10;1-2/h2-8,15H,1H3;1-2H3/q+1;. The number of halogens is 1. The van der Waals surface area contributed by atoms with Crippen LogP contribution in [0, 0.1) is 12.7 Å². The topological polar surface area (TPSA) is 24.1 Å². The van der Waals surface area contributed by atoms with E-state index in [-0.39, 0.29) is 5.69 Å². The predicted octanol–water partition coefficient (Wildman–Crippen LogP) is 3.35. The number of pyridine rings is 1. The maximum absolute atomic E-state index is 13.3. The minimum atomic E-state index is -0.418. The Morgan fingerprint density at radius 1 is 1.06 bits per heavy atom. The van der Waals surface area contributed by atoms with Gasteiger partial charge < -0.3 is 0 Å². The van der Waals surface area contributed by atoms with Gasteiger partial charge in [-0.05, 0) is 11.6 Å². The molecule has 0 spiro atoms.